The highest BCUT2D eigenvalue weighted by Gasteiger charge is 2.40. The van der Waals surface area contributed by atoms with Crippen molar-refractivity contribution in [2.75, 3.05) is 0 Å². The van der Waals surface area contributed by atoms with Crippen molar-refractivity contribution in [1.29, 1.82) is 0 Å². The molecule has 1 N–H and O–H groups in total. The van der Waals surface area contributed by atoms with Crippen LogP contribution in [0.2, 0.25) is 0 Å². The zero-order valence-corrected chi connectivity index (χ0v) is 8.02. The van der Waals surface area contributed by atoms with Crippen molar-refractivity contribution in [2.24, 2.45) is 11.8 Å². The summed E-state index contributed by atoms with van der Waals surface area (Å²) in [7, 11) is 0. The van der Waals surface area contributed by atoms with E-state index in [1.807, 2.05) is 6.07 Å². The van der Waals surface area contributed by atoms with E-state index in [1.54, 1.807) is 6.26 Å². The van der Waals surface area contributed by atoms with Crippen LogP contribution in [0.5, 0.6) is 0 Å². The van der Waals surface area contributed by atoms with Gasteiger partial charge in [-0.2, -0.15) is 0 Å². The summed E-state index contributed by atoms with van der Waals surface area (Å²) in [6, 6.07) is 2.57. The normalized spacial score (nSPS) is 34.1. The third-order valence-corrected chi connectivity index (χ3v) is 3.40. The first-order chi connectivity index (χ1) is 6.93. The van der Waals surface area contributed by atoms with Gasteiger partial charge in [-0.25, -0.2) is 0 Å². The lowest BCUT2D eigenvalue weighted by Gasteiger charge is -2.40. The molecule has 3 atom stereocenters. The molecular formula is C11H14N2O. The van der Waals surface area contributed by atoms with Gasteiger partial charge in [0.1, 0.15) is 6.26 Å². The molecule has 3 heteroatoms. The first-order valence-electron chi connectivity index (χ1n) is 5.23. The first kappa shape index (κ1) is 8.24. The Morgan fingerprint density at radius 2 is 2.57 bits per heavy atom. The van der Waals surface area contributed by atoms with E-state index in [-0.39, 0.29) is 0 Å². The minimum atomic E-state index is 0.662. The van der Waals surface area contributed by atoms with Gasteiger partial charge < -0.3 is 9.84 Å². The number of hydrogen-bond donors (Lipinski definition) is 1. The van der Waals surface area contributed by atoms with Crippen LogP contribution in [0, 0.1) is 11.8 Å². The number of nitrogens with zero attached hydrogens (tertiary/aromatic N) is 1. The monoisotopic (exact) mass is 190 g/mol. The fraction of sp³-hybridized carbons (Fsp3) is 0.545. The smallest absolute Gasteiger partial charge is 0.124 e. The molecule has 1 heterocycles. The Kier molecular flexibility index (Phi) is 1.91. The molecule has 0 bridgehead atoms. The Morgan fingerprint density at radius 3 is 3.36 bits per heavy atom. The highest BCUT2D eigenvalue weighted by atomic mass is 16.5. The van der Waals surface area contributed by atoms with Crippen LogP contribution in [0.25, 0.3) is 0 Å². The van der Waals surface area contributed by atoms with Gasteiger partial charge in [-0.05, 0) is 24.7 Å². The minimum Gasteiger partial charge on any atom is -0.364 e. The molecule has 0 aliphatic heterocycles. The third kappa shape index (κ3) is 1.28. The molecule has 2 aliphatic rings. The molecule has 1 saturated carbocycles. The van der Waals surface area contributed by atoms with Gasteiger partial charge in [0.15, 0.2) is 0 Å². The van der Waals surface area contributed by atoms with Gasteiger partial charge in [-0.3, -0.25) is 0 Å². The summed E-state index contributed by atoms with van der Waals surface area (Å²) in [4.78, 5) is 0. The van der Waals surface area contributed by atoms with Crippen molar-refractivity contribution in [3.05, 3.63) is 30.2 Å². The molecule has 0 spiro atoms. The molecule has 1 aromatic rings. The van der Waals surface area contributed by atoms with E-state index in [2.05, 4.69) is 22.6 Å². The summed E-state index contributed by atoms with van der Waals surface area (Å²) in [6.45, 7) is 0.832. The summed E-state index contributed by atoms with van der Waals surface area (Å²) in [5.74, 6) is 1.70. The lowest BCUT2D eigenvalue weighted by atomic mass is 9.71. The Balaban J connectivity index is 1.52. The fourth-order valence-electron chi connectivity index (χ4n) is 2.51. The molecule has 0 radical (unpaired) electrons. The molecule has 2 aliphatic carbocycles. The lowest BCUT2D eigenvalue weighted by Crippen LogP contribution is -2.47. The summed E-state index contributed by atoms with van der Waals surface area (Å²) in [5, 5.41) is 7.40. The van der Waals surface area contributed by atoms with Crippen molar-refractivity contribution >= 4 is 0 Å². The molecule has 3 unspecified atom stereocenters. The molecule has 0 saturated heterocycles. The zero-order chi connectivity index (χ0) is 9.38. The predicted octanol–water partition coefficient (Wildman–Crippen LogP) is 1.73. The molecule has 0 aromatic carbocycles. The van der Waals surface area contributed by atoms with Crippen LogP contribution in [-0.2, 0) is 6.54 Å². The SMILES string of the molecule is C1=CC2C(C1)CC2NCc1ccon1. The van der Waals surface area contributed by atoms with E-state index in [4.69, 9.17) is 4.52 Å². The van der Waals surface area contributed by atoms with E-state index in [0.717, 1.165) is 24.1 Å². The van der Waals surface area contributed by atoms with E-state index in [9.17, 15) is 0 Å². The van der Waals surface area contributed by atoms with Gasteiger partial charge >= 0.3 is 0 Å². The van der Waals surface area contributed by atoms with Gasteiger partial charge in [0.2, 0.25) is 0 Å². The average molecular weight is 190 g/mol. The second-order valence-electron chi connectivity index (χ2n) is 4.22. The van der Waals surface area contributed by atoms with Crippen molar-refractivity contribution < 1.29 is 4.52 Å². The molecule has 14 heavy (non-hydrogen) atoms. The van der Waals surface area contributed by atoms with Crippen LogP contribution >= 0.6 is 0 Å². The fourth-order valence-corrected chi connectivity index (χ4v) is 2.51. The van der Waals surface area contributed by atoms with Gasteiger partial charge in [-0.1, -0.05) is 17.3 Å². The summed E-state index contributed by atoms with van der Waals surface area (Å²) < 4.78 is 4.78. The Labute approximate surface area is 83.2 Å². The van der Waals surface area contributed by atoms with Crippen LogP contribution in [0.3, 0.4) is 0 Å². The second kappa shape index (κ2) is 3.24. The molecular weight excluding hydrogens is 176 g/mol. The maximum Gasteiger partial charge on any atom is 0.124 e. The van der Waals surface area contributed by atoms with Crippen molar-refractivity contribution in [3.8, 4) is 0 Å². The van der Waals surface area contributed by atoms with E-state index < -0.39 is 0 Å². The number of hydrogen-bond acceptors (Lipinski definition) is 3. The van der Waals surface area contributed by atoms with Crippen molar-refractivity contribution in [3.63, 3.8) is 0 Å². The highest BCUT2D eigenvalue weighted by molar-refractivity contribution is 5.13. The lowest BCUT2D eigenvalue weighted by molar-refractivity contribution is 0.161. The molecule has 0 amide bonds. The van der Waals surface area contributed by atoms with E-state index in [0.29, 0.717) is 6.04 Å². The Morgan fingerprint density at radius 1 is 1.57 bits per heavy atom. The summed E-state index contributed by atoms with van der Waals surface area (Å²) >= 11 is 0. The molecule has 74 valence electrons. The maximum absolute atomic E-state index is 4.78. The minimum absolute atomic E-state index is 0.662. The average Bonchev–Trinajstić information content (AvgIpc) is 2.76. The van der Waals surface area contributed by atoms with Gasteiger partial charge in [0.25, 0.3) is 0 Å². The van der Waals surface area contributed by atoms with Crippen LogP contribution in [0.15, 0.2) is 29.0 Å². The predicted molar refractivity (Wildman–Crippen MR) is 52.5 cm³/mol. The molecule has 1 fully saturated rings. The number of aromatic nitrogens is 1. The number of nitrogens with one attached hydrogen (secondary N) is 1. The maximum atomic E-state index is 4.78. The molecule has 3 rings (SSSR count). The Bertz CT molecular complexity index is 331. The molecule has 1 aromatic heterocycles. The largest absolute Gasteiger partial charge is 0.364 e. The quantitative estimate of drug-likeness (QED) is 0.738. The summed E-state index contributed by atoms with van der Waals surface area (Å²) in [5.41, 5.74) is 0.996. The van der Waals surface area contributed by atoms with Gasteiger partial charge in [0.05, 0.1) is 5.69 Å². The van der Waals surface area contributed by atoms with E-state index >= 15 is 0 Å². The van der Waals surface area contributed by atoms with E-state index in [1.165, 1.54) is 12.8 Å². The Hall–Kier alpha value is -1.09. The topological polar surface area (TPSA) is 38.1 Å². The number of allylic oxidation sites excluding steroid dienone is 1. The summed E-state index contributed by atoms with van der Waals surface area (Å²) in [6.07, 6.45) is 8.89. The number of fused-ring (bicyclic) bond motifs is 1. The zero-order valence-electron chi connectivity index (χ0n) is 8.02. The van der Waals surface area contributed by atoms with Crippen LogP contribution in [-0.4, -0.2) is 11.2 Å². The highest BCUT2D eigenvalue weighted by Crippen LogP contribution is 2.42. The van der Waals surface area contributed by atoms with Crippen LogP contribution in [0.4, 0.5) is 0 Å². The number of rotatable bonds is 3. The van der Waals surface area contributed by atoms with Gasteiger partial charge in [0, 0.05) is 18.7 Å². The standard InChI is InChI=1S/C11H14N2O/c1-2-8-6-11(10(8)3-1)12-7-9-4-5-14-13-9/h1,3-5,8,10-12H,2,6-7H2. The van der Waals surface area contributed by atoms with Gasteiger partial charge in [-0.15, -0.1) is 0 Å². The third-order valence-electron chi connectivity index (χ3n) is 3.40. The van der Waals surface area contributed by atoms with Crippen molar-refractivity contribution in [1.82, 2.24) is 10.5 Å². The first-order valence-corrected chi connectivity index (χ1v) is 5.23. The van der Waals surface area contributed by atoms with Crippen LogP contribution in [0.1, 0.15) is 18.5 Å². The van der Waals surface area contributed by atoms with Crippen molar-refractivity contribution in [2.45, 2.75) is 25.4 Å². The molecule has 3 nitrogen and oxygen atoms in total. The second-order valence-corrected chi connectivity index (χ2v) is 4.22. The van der Waals surface area contributed by atoms with Crippen LogP contribution < -0.4 is 5.32 Å².